The first-order chi connectivity index (χ1) is 16.2. The fourth-order valence-electron chi connectivity index (χ4n) is 2.90. The van der Waals surface area contributed by atoms with Gasteiger partial charge in [0.1, 0.15) is 5.82 Å². The molecule has 0 radical (unpaired) electrons. The van der Waals surface area contributed by atoms with Gasteiger partial charge < -0.3 is 5.32 Å². The Kier molecular flexibility index (Phi) is 6.93. The van der Waals surface area contributed by atoms with Crippen molar-refractivity contribution in [2.45, 2.75) is 17.1 Å². The van der Waals surface area contributed by atoms with Crippen LogP contribution in [0.25, 0.3) is 5.69 Å². The standard InChI is InChI=1S/C21H13BrF4N6OS/c22-12-2-5-14(6-3-12)32-17(11-34-20-27-8-1-9-28-20)18(30-31-32)19(33)29-13-4-7-16(23)15(10-13)21(24,25)26/h1-10H,11H2,(H,29,33). The number of amides is 1. The second kappa shape index (κ2) is 9.89. The van der Waals surface area contributed by atoms with Crippen molar-refractivity contribution in [3.8, 4) is 5.69 Å². The van der Waals surface area contributed by atoms with E-state index in [0.29, 0.717) is 28.7 Å². The SMILES string of the molecule is O=C(Nc1ccc(F)c(C(F)(F)F)c1)c1nnn(-c2ccc(Br)cc2)c1CSc1ncccn1. The van der Waals surface area contributed by atoms with Crippen molar-refractivity contribution in [3.05, 3.63) is 88.2 Å². The van der Waals surface area contributed by atoms with E-state index < -0.39 is 23.5 Å². The fraction of sp³-hybridized carbons (Fsp3) is 0.0952. The van der Waals surface area contributed by atoms with Crippen molar-refractivity contribution in [2.24, 2.45) is 0 Å². The maximum absolute atomic E-state index is 13.6. The van der Waals surface area contributed by atoms with Gasteiger partial charge in [0.05, 0.1) is 16.9 Å². The zero-order valence-electron chi connectivity index (χ0n) is 16.9. The third kappa shape index (κ3) is 5.42. The van der Waals surface area contributed by atoms with Crippen molar-refractivity contribution >= 4 is 39.3 Å². The van der Waals surface area contributed by atoms with E-state index in [4.69, 9.17) is 0 Å². The highest BCUT2D eigenvalue weighted by molar-refractivity contribution is 9.10. The molecule has 0 atom stereocenters. The average molecular weight is 553 g/mol. The molecule has 4 aromatic rings. The first kappa shape index (κ1) is 23.8. The summed E-state index contributed by atoms with van der Waals surface area (Å²) in [6.07, 6.45) is -1.77. The van der Waals surface area contributed by atoms with Crippen LogP contribution in [0.4, 0.5) is 23.2 Å². The Morgan fingerprint density at radius 3 is 2.47 bits per heavy atom. The van der Waals surface area contributed by atoms with Gasteiger partial charge in [-0.2, -0.15) is 13.2 Å². The normalized spacial score (nSPS) is 11.4. The lowest BCUT2D eigenvalue weighted by Gasteiger charge is -2.11. The smallest absolute Gasteiger partial charge is 0.321 e. The monoisotopic (exact) mass is 552 g/mol. The molecular weight excluding hydrogens is 540 g/mol. The quantitative estimate of drug-likeness (QED) is 0.192. The number of anilines is 1. The largest absolute Gasteiger partial charge is 0.419 e. The van der Waals surface area contributed by atoms with Gasteiger partial charge in [-0.05, 0) is 48.5 Å². The van der Waals surface area contributed by atoms with Gasteiger partial charge >= 0.3 is 6.18 Å². The van der Waals surface area contributed by atoms with Crippen LogP contribution >= 0.6 is 27.7 Å². The van der Waals surface area contributed by atoms with Crippen LogP contribution in [0.1, 0.15) is 21.7 Å². The summed E-state index contributed by atoms with van der Waals surface area (Å²) in [5, 5.41) is 10.8. The molecule has 7 nitrogen and oxygen atoms in total. The number of halogens is 5. The molecule has 0 bridgehead atoms. The molecule has 2 aromatic heterocycles. The summed E-state index contributed by atoms with van der Waals surface area (Å²) in [6, 6.07) is 10.9. The van der Waals surface area contributed by atoms with Crippen molar-refractivity contribution < 1.29 is 22.4 Å². The highest BCUT2D eigenvalue weighted by Gasteiger charge is 2.34. The molecule has 0 spiro atoms. The molecule has 0 saturated heterocycles. The first-order valence-electron chi connectivity index (χ1n) is 9.51. The van der Waals surface area contributed by atoms with Gasteiger partial charge in [-0.25, -0.2) is 19.0 Å². The lowest BCUT2D eigenvalue weighted by molar-refractivity contribution is -0.139. The molecule has 4 rings (SSSR count). The second-order valence-corrected chi connectivity index (χ2v) is 8.60. The number of rotatable bonds is 6. The molecule has 2 heterocycles. The molecule has 34 heavy (non-hydrogen) atoms. The van der Waals surface area contributed by atoms with Crippen LogP contribution in [0.5, 0.6) is 0 Å². The van der Waals surface area contributed by atoms with Crippen LogP contribution in [0.2, 0.25) is 0 Å². The van der Waals surface area contributed by atoms with Crippen LogP contribution in [-0.4, -0.2) is 30.9 Å². The molecule has 2 aromatic carbocycles. The Labute approximate surface area is 202 Å². The highest BCUT2D eigenvalue weighted by atomic mass is 79.9. The van der Waals surface area contributed by atoms with Gasteiger partial charge in [-0.1, -0.05) is 32.9 Å². The average Bonchev–Trinajstić information content (AvgIpc) is 3.23. The van der Waals surface area contributed by atoms with Gasteiger partial charge in [0.25, 0.3) is 5.91 Å². The summed E-state index contributed by atoms with van der Waals surface area (Å²) in [7, 11) is 0. The number of thioether (sulfide) groups is 1. The van der Waals surface area contributed by atoms with Gasteiger partial charge in [0.15, 0.2) is 10.9 Å². The second-order valence-electron chi connectivity index (χ2n) is 6.74. The summed E-state index contributed by atoms with van der Waals surface area (Å²) in [5.41, 5.74) is -0.845. The van der Waals surface area contributed by atoms with Crippen LogP contribution in [-0.2, 0) is 11.9 Å². The minimum atomic E-state index is -4.91. The lowest BCUT2D eigenvalue weighted by Crippen LogP contribution is -2.16. The van der Waals surface area contributed by atoms with Crippen LogP contribution in [0, 0.1) is 5.82 Å². The van der Waals surface area contributed by atoms with E-state index >= 15 is 0 Å². The van der Waals surface area contributed by atoms with E-state index in [1.165, 1.54) is 16.4 Å². The first-order valence-corrected chi connectivity index (χ1v) is 11.3. The number of nitrogens with one attached hydrogen (secondary N) is 1. The third-order valence-electron chi connectivity index (χ3n) is 4.46. The summed E-state index contributed by atoms with van der Waals surface area (Å²) in [5.74, 6) is -2.05. The molecule has 0 saturated carbocycles. The van der Waals surface area contributed by atoms with Crippen LogP contribution < -0.4 is 5.32 Å². The van der Waals surface area contributed by atoms with E-state index in [1.807, 2.05) is 0 Å². The molecule has 1 N–H and O–H groups in total. The molecule has 0 fully saturated rings. The number of nitrogens with zero attached hydrogens (tertiary/aromatic N) is 5. The number of carbonyl (C=O) groups excluding carboxylic acids is 1. The van der Waals surface area contributed by atoms with E-state index in [1.54, 1.807) is 42.7 Å². The molecule has 0 unspecified atom stereocenters. The molecule has 0 aliphatic rings. The lowest BCUT2D eigenvalue weighted by atomic mass is 10.1. The molecule has 13 heteroatoms. The van der Waals surface area contributed by atoms with Crippen molar-refractivity contribution in [2.75, 3.05) is 5.32 Å². The van der Waals surface area contributed by atoms with E-state index in [9.17, 15) is 22.4 Å². The summed E-state index contributed by atoms with van der Waals surface area (Å²) in [4.78, 5) is 21.2. The van der Waals surface area contributed by atoms with Gasteiger partial charge in [-0.3, -0.25) is 4.79 Å². The number of hydrogen-bond acceptors (Lipinski definition) is 6. The highest BCUT2D eigenvalue weighted by Crippen LogP contribution is 2.33. The Hall–Kier alpha value is -3.32. The predicted octanol–water partition coefficient (Wildman–Crippen LogP) is 5.52. The Morgan fingerprint density at radius 1 is 1.09 bits per heavy atom. The minimum absolute atomic E-state index is 0.107. The van der Waals surface area contributed by atoms with Crippen molar-refractivity contribution in [1.29, 1.82) is 0 Å². The number of hydrogen-bond donors (Lipinski definition) is 1. The molecule has 0 aliphatic carbocycles. The van der Waals surface area contributed by atoms with Crippen LogP contribution in [0.3, 0.4) is 0 Å². The number of alkyl halides is 3. The Morgan fingerprint density at radius 2 is 1.79 bits per heavy atom. The number of aromatic nitrogens is 5. The maximum atomic E-state index is 13.6. The topological polar surface area (TPSA) is 85.6 Å². The van der Waals surface area contributed by atoms with E-state index in [0.717, 1.165) is 10.5 Å². The van der Waals surface area contributed by atoms with Crippen molar-refractivity contribution in [3.63, 3.8) is 0 Å². The van der Waals surface area contributed by atoms with Gasteiger partial charge in [-0.15, -0.1) is 5.10 Å². The van der Waals surface area contributed by atoms with E-state index in [2.05, 4.69) is 41.5 Å². The number of benzene rings is 2. The predicted molar refractivity (Wildman–Crippen MR) is 120 cm³/mol. The van der Waals surface area contributed by atoms with Gasteiger partial charge in [0, 0.05) is 28.3 Å². The maximum Gasteiger partial charge on any atom is 0.419 e. The summed E-state index contributed by atoms with van der Waals surface area (Å²) < 4.78 is 55.0. The fourth-order valence-corrected chi connectivity index (χ4v) is 3.96. The Balaban J connectivity index is 1.66. The molecule has 0 aliphatic heterocycles. The summed E-state index contributed by atoms with van der Waals surface area (Å²) >= 11 is 4.58. The minimum Gasteiger partial charge on any atom is -0.321 e. The van der Waals surface area contributed by atoms with Crippen LogP contribution in [0.15, 0.2) is 70.6 Å². The molecule has 1 amide bonds. The Bertz CT molecular complexity index is 1320. The number of carbonyl (C=O) groups is 1. The van der Waals surface area contributed by atoms with Gasteiger partial charge in [0.2, 0.25) is 0 Å². The zero-order chi connectivity index (χ0) is 24.3. The summed E-state index contributed by atoms with van der Waals surface area (Å²) in [6.45, 7) is 0. The third-order valence-corrected chi connectivity index (χ3v) is 5.87. The molecule has 174 valence electrons. The molecular formula is C21H13BrF4N6OS. The zero-order valence-corrected chi connectivity index (χ0v) is 19.3. The van der Waals surface area contributed by atoms with Crippen molar-refractivity contribution in [1.82, 2.24) is 25.0 Å². The van der Waals surface area contributed by atoms with E-state index in [-0.39, 0.29) is 17.1 Å².